The van der Waals surface area contributed by atoms with Crippen molar-refractivity contribution in [2.45, 2.75) is 47.1 Å². The van der Waals surface area contributed by atoms with Crippen molar-refractivity contribution in [1.82, 2.24) is 9.55 Å². The zero-order chi connectivity index (χ0) is 14.2. The lowest BCUT2D eigenvalue weighted by molar-refractivity contribution is 0.263. The number of alkyl halides is 1. The summed E-state index contributed by atoms with van der Waals surface area (Å²) < 4.78 is 2.36. The molecule has 1 aromatic carbocycles. The van der Waals surface area contributed by atoms with Gasteiger partial charge in [-0.15, -0.1) is 11.6 Å². The van der Waals surface area contributed by atoms with Crippen LogP contribution >= 0.6 is 11.6 Å². The highest BCUT2D eigenvalue weighted by atomic mass is 35.5. The third kappa shape index (κ3) is 2.79. The molecule has 0 spiro atoms. The average Bonchev–Trinajstić information content (AvgIpc) is 2.64. The highest BCUT2D eigenvalue weighted by molar-refractivity contribution is 6.17. The van der Waals surface area contributed by atoms with Gasteiger partial charge in [-0.25, -0.2) is 4.98 Å². The maximum atomic E-state index is 5.93. The van der Waals surface area contributed by atoms with Crippen molar-refractivity contribution < 1.29 is 0 Å². The second-order valence-electron chi connectivity index (χ2n) is 6.37. The van der Waals surface area contributed by atoms with Crippen molar-refractivity contribution >= 4 is 22.6 Å². The molecule has 0 amide bonds. The Bertz CT molecular complexity index is 578. The molecule has 2 aromatic rings. The van der Waals surface area contributed by atoms with Crippen LogP contribution in [0.15, 0.2) is 18.2 Å². The van der Waals surface area contributed by atoms with Gasteiger partial charge in [0.2, 0.25) is 0 Å². The van der Waals surface area contributed by atoms with Gasteiger partial charge in [0.05, 0.1) is 11.0 Å². The lowest BCUT2D eigenvalue weighted by Crippen LogP contribution is -2.23. The maximum Gasteiger partial charge on any atom is 0.111 e. The van der Waals surface area contributed by atoms with Crippen LogP contribution in [0.4, 0.5) is 0 Å². The van der Waals surface area contributed by atoms with E-state index in [4.69, 9.17) is 16.6 Å². The van der Waals surface area contributed by atoms with E-state index in [1.54, 1.807) is 0 Å². The van der Waals surface area contributed by atoms with Crippen LogP contribution in [0.5, 0.6) is 0 Å². The Labute approximate surface area is 120 Å². The second-order valence-corrected chi connectivity index (χ2v) is 6.75. The number of hydrogen-bond acceptors (Lipinski definition) is 1. The molecule has 0 radical (unpaired) electrons. The van der Waals surface area contributed by atoms with E-state index in [0.29, 0.717) is 11.9 Å². The lowest BCUT2D eigenvalue weighted by Gasteiger charge is -2.30. The molecule has 0 aliphatic heterocycles. The Balaban J connectivity index is 2.64. The van der Waals surface area contributed by atoms with Crippen LogP contribution in [-0.2, 0) is 6.42 Å². The zero-order valence-electron chi connectivity index (χ0n) is 12.5. The topological polar surface area (TPSA) is 17.8 Å². The molecule has 3 heteroatoms. The van der Waals surface area contributed by atoms with Crippen molar-refractivity contribution in [2.75, 3.05) is 5.88 Å². The lowest BCUT2D eigenvalue weighted by atomic mass is 9.87. The fraction of sp³-hybridized carbons (Fsp3) is 0.562. The van der Waals surface area contributed by atoms with Gasteiger partial charge in [-0.3, -0.25) is 0 Å². The first-order valence-corrected chi connectivity index (χ1v) is 7.41. The minimum absolute atomic E-state index is 0.194. The first-order valence-electron chi connectivity index (χ1n) is 6.88. The first kappa shape index (κ1) is 14.4. The number of imidazole rings is 1. The number of aryl methyl sites for hydroxylation is 2. The smallest absolute Gasteiger partial charge is 0.111 e. The third-order valence-electron chi connectivity index (χ3n) is 3.88. The van der Waals surface area contributed by atoms with Crippen LogP contribution in [0.2, 0.25) is 0 Å². The fourth-order valence-corrected chi connectivity index (χ4v) is 2.51. The molecular weight excluding hydrogens is 256 g/mol. The first-order chi connectivity index (χ1) is 8.84. The maximum absolute atomic E-state index is 5.93. The second kappa shape index (κ2) is 5.16. The Hall–Kier alpha value is -1.02. The molecule has 1 atom stereocenters. The number of rotatable bonds is 3. The van der Waals surface area contributed by atoms with Gasteiger partial charge < -0.3 is 4.57 Å². The summed E-state index contributed by atoms with van der Waals surface area (Å²) in [6.45, 7) is 11.2. The molecular formula is C16H23ClN2. The van der Waals surface area contributed by atoms with E-state index in [-0.39, 0.29) is 5.41 Å². The molecule has 1 aromatic heterocycles. The predicted octanol–water partition coefficient (Wildman–Crippen LogP) is 4.73. The van der Waals surface area contributed by atoms with Gasteiger partial charge in [-0.2, -0.15) is 0 Å². The van der Waals surface area contributed by atoms with Crippen molar-refractivity contribution in [2.24, 2.45) is 5.41 Å². The highest BCUT2D eigenvalue weighted by Gasteiger charge is 2.25. The van der Waals surface area contributed by atoms with Crippen LogP contribution in [0.1, 0.15) is 45.1 Å². The van der Waals surface area contributed by atoms with E-state index >= 15 is 0 Å². The van der Waals surface area contributed by atoms with Crippen molar-refractivity contribution in [3.8, 4) is 0 Å². The van der Waals surface area contributed by atoms with Gasteiger partial charge in [0.1, 0.15) is 5.82 Å². The van der Waals surface area contributed by atoms with E-state index in [1.165, 1.54) is 11.1 Å². The predicted molar refractivity (Wildman–Crippen MR) is 83.1 cm³/mol. The van der Waals surface area contributed by atoms with Crippen LogP contribution < -0.4 is 0 Å². The van der Waals surface area contributed by atoms with Gasteiger partial charge in [0.25, 0.3) is 0 Å². The van der Waals surface area contributed by atoms with Crippen LogP contribution in [-0.4, -0.2) is 15.4 Å². The minimum Gasteiger partial charge on any atom is -0.325 e. The van der Waals surface area contributed by atoms with E-state index in [2.05, 4.69) is 57.4 Å². The number of fused-ring (bicyclic) bond motifs is 1. The molecule has 2 rings (SSSR count). The molecule has 0 aliphatic rings. The zero-order valence-corrected chi connectivity index (χ0v) is 13.3. The number of benzene rings is 1. The van der Waals surface area contributed by atoms with Crippen LogP contribution in [0, 0.1) is 12.3 Å². The third-order valence-corrected chi connectivity index (χ3v) is 4.07. The summed E-state index contributed by atoms with van der Waals surface area (Å²) in [5.74, 6) is 1.71. The van der Waals surface area contributed by atoms with Crippen molar-refractivity contribution in [3.63, 3.8) is 0 Å². The Morgan fingerprint density at radius 1 is 1.32 bits per heavy atom. The molecule has 0 saturated heterocycles. The molecule has 2 nitrogen and oxygen atoms in total. The van der Waals surface area contributed by atoms with E-state index in [9.17, 15) is 0 Å². The summed E-state index contributed by atoms with van der Waals surface area (Å²) in [4.78, 5) is 4.78. The molecule has 104 valence electrons. The molecule has 0 bridgehead atoms. The molecule has 1 unspecified atom stereocenters. The van der Waals surface area contributed by atoms with Crippen molar-refractivity contribution in [3.05, 3.63) is 29.6 Å². The van der Waals surface area contributed by atoms with E-state index in [0.717, 1.165) is 17.8 Å². The Morgan fingerprint density at radius 3 is 2.58 bits per heavy atom. The number of halogens is 1. The normalized spacial score (nSPS) is 14.0. The monoisotopic (exact) mass is 278 g/mol. The number of hydrogen-bond donors (Lipinski definition) is 0. The van der Waals surface area contributed by atoms with Gasteiger partial charge in [0.15, 0.2) is 0 Å². The SMILES string of the molecule is Cc1ccc2c(c1)nc(CCCl)n2C(C)C(C)(C)C. The standard InChI is InChI=1S/C16H23ClN2/c1-11-6-7-14-13(10-11)18-15(8-9-17)19(14)12(2)16(3,4)5/h6-7,10,12H,8-9H2,1-5H3. The summed E-state index contributed by atoms with van der Waals surface area (Å²) in [6.07, 6.45) is 0.815. The molecule has 0 fully saturated rings. The summed E-state index contributed by atoms with van der Waals surface area (Å²) in [6, 6.07) is 6.87. The Morgan fingerprint density at radius 2 is 2.00 bits per heavy atom. The number of nitrogens with zero attached hydrogens (tertiary/aromatic N) is 2. The van der Waals surface area contributed by atoms with Gasteiger partial charge in [-0.1, -0.05) is 26.8 Å². The molecule has 0 aliphatic carbocycles. The molecule has 0 N–H and O–H groups in total. The quantitative estimate of drug-likeness (QED) is 0.742. The van der Waals surface area contributed by atoms with Crippen LogP contribution in [0.25, 0.3) is 11.0 Å². The average molecular weight is 279 g/mol. The number of aromatic nitrogens is 2. The van der Waals surface area contributed by atoms with Gasteiger partial charge in [-0.05, 0) is 37.0 Å². The van der Waals surface area contributed by atoms with E-state index < -0.39 is 0 Å². The summed E-state index contributed by atoms with van der Waals surface area (Å²) >= 11 is 5.93. The molecule has 19 heavy (non-hydrogen) atoms. The van der Waals surface area contributed by atoms with Gasteiger partial charge in [0, 0.05) is 18.3 Å². The highest BCUT2D eigenvalue weighted by Crippen LogP contribution is 2.34. The summed E-state index contributed by atoms with van der Waals surface area (Å²) in [5.41, 5.74) is 3.74. The van der Waals surface area contributed by atoms with Crippen molar-refractivity contribution in [1.29, 1.82) is 0 Å². The minimum atomic E-state index is 0.194. The summed E-state index contributed by atoms with van der Waals surface area (Å²) in [7, 11) is 0. The fourth-order valence-electron chi connectivity index (χ4n) is 2.34. The summed E-state index contributed by atoms with van der Waals surface area (Å²) in [5, 5.41) is 0. The van der Waals surface area contributed by atoms with Gasteiger partial charge >= 0.3 is 0 Å². The van der Waals surface area contributed by atoms with Crippen LogP contribution in [0.3, 0.4) is 0 Å². The molecule has 1 heterocycles. The van der Waals surface area contributed by atoms with E-state index in [1.807, 2.05) is 0 Å². The Kier molecular flexibility index (Phi) is 3.91. The largest absolute Gasteiger partial charge is 0.325 e. The molecule has 0 saturated carbocycles.